The smallest absolute Gasteiger partial charge is 0.174 e. The van der Waals surface area contributed by atoms with Gasteiger partial charge in [0, 0.05) is 27.4 Å². The number of halogens is 3. The van der Waals surface area contributed by atoms with E-state index in [9.17, 15) is 4.79 Å². The van der Waals surface area contributed by atoms with Crippen molar-refractivity contribution in [2.45, 2.75) is 19.0 Å². The van der Waals surface area contributed by atoms with Crippen molar-refractivity contribution in [2.24, 2.45) is 0 Å². The molecule has 1 heterocycles. The Bertz CT molecular complexity index is 1300. The molecule has 0 amide bonds. The number of aryl methyl sites for hydroxylation is 2. The van der Waals surface area contributed by atoms with Gasteiger partial charge in [-0.15, -0.1) is 0 Å². The lowest BCUT2D eigenvalue weighted by atomic mass is 10.1. The number of hydrogen-bond donors (Lipinski definition) is 0. The van der Waals surface area contributed by atoms with Gasteiger partial charge < -0.3 is 0 Å². The topological polar surface area (TPSA) is 34.9 Å². The highest BCUT2D eigenvalue weighted by Gasteiger charge is 2.17. The number of imidazole rings is 1. The Morgan fingerprint density at radius 2 is 1.66 bits per heavy atom. The maximum absolute atomic E-state index is 12.8. The molecule has 0 atom stereocenters. The minimum Gasteiger partial charge on any atom is -0.294 e. The molecular formula is C25H19Cl3N2OS. The second-order valence-corrected chi connectivity index (χ2v) is 9.63. The molecule has 0 bridgehead atoms. The molecule has 0 radical (unpaired) electrons. The van der Waals surface area contributed by atoms with Crippen LogP contribution in [0.5, 0.6) is 0 Å². The summed E-state index contributed by atoms with van der Waals surface area (Å²) in [5.41, 5.74) is 5.50. The van der Waals surface area contributed by atoms with E-state index in [-0.39, 0.29) is 11.5 Å². The van der Waals surface area contributed by atoms with Gasteiger partial charge >= 0.3 is 0 Å². The quantitative estimate of drug-likeness (QED) is 0.198. The third kappa shape index (κ3) is 5.05. The highest BCUT2D eigenvalue weighted by molar-refractivity contribution is 7.99. The van der Waals surface area contributed by atoms with Crippen molar-refractivity contribution < 1.29 is 4.79 Å². The van der Waals surface area contributed by atoms with E-state index in [1.54, 1.807) is 18.2 Å². The third-order valence-corrected chi connectivity index (χ3v) is 6.75. The van der Waals surface area contributed by atoms with Crippen LogP contribution in [0.1, 0.15) is 21.5 Å². The molecule has 162 valence electrons. The molecule has 0 aliphatic carbocycles. The minimum absolute atomic E-state index is 0.0831. The zero-order valence-corrected chi connectivity index (χ0v) is 20.5. The average molecular weight is 502 g/mol. The number of Topliss-reactive ketones (excluding diaryl/α,β-unsaturated/α-hetero) is 1. The average Bonchev–Trinajstić information content (AvgIpc) is 3.18. The Kier molecular flexibility index (Phi) is 6.96. The molecule has 0 fully saturated rings. The predicted molar refractivity (Wildman–Crippen MR) is 135 cm³/mol. The Labute approximate surface area is 206 Å². The third-order valence-electron chi connectivity index (χ3n) is 5.00. The number of rotatable bonds is 6. The van der Waals surface area contributed by atoms with Crippen LogP contribution in [0.4, 0.5) is 0 Å². The van der Waals surface area contributed by atoms with Gasteiger partial charge in [-0.05, 0) is 61.4 Å². The van der Waals surface area contributed by atoms with Gasteiger partial charge in [0.25, 0.3) is 0 Å². The maximum Gasteiger partial charge on any atom is 0.174 e. The van der Waals surface area contributed by atoms with Gasteiger partial charge in [-0.3, -0.25) is 9.36 Å². The van der Waals surface area contributed by atoms with Crippen molar-refractivity contribution in [3.05, 3.63) is 98.6 Å². The van der Waals surface area contributed by atoms with Crippen LogP contribution in [-0.2, 0) is 0 Å². The van der Waals surface area contributed by atoms with Gasteiger partial charge in [-0.25, -0.2) is 4.98 Å². The van der Waals surface area contributed by atoms with Crippen molar-refractivity contribution >= 4 is 52.3 Å². The first-order chi connectivity index (χ1) is 15.3. The first kappa shape index (κ1) is 22.9. The molecule has 4 rings (SSSR count). The number of aromatic nitrogens is 2. The molecule has 0 unspecified atom stereocenters. The van der Waals surface area contributed by atoms with Crippen molar-refractivity contribution in [1.82, 2.24) is 9.55 Å². The van der Waals surface area contributed by atoms with Gasteiger partial charge in [0.05, 0.1) is 22.2 Å². The van der Waals surface area contributed by atoms with E-state index in [2.05, 4.69) is 32.0 Å². The molecule has 0 saturated carbocycles. The van der Waals surface area contributed by atoms with Crippen molar-refractivity contribution in [2.75, 3.05) is 5.75 Å². The van der Waals surface area contributed by atoms with Gasteiger partial charge in [0.1, 0.15) is 0 Å². The second kappa shape index (κ2) is 9.72. The molecule has 4 aromatic rings. The van der Waals surface area contributed by atoms with Crippen LogP contribution in [0, 0.1) is 13.8 Å². The lowest BCUT2D eigenvalue weighted by molar-refractivity contribution is 0.102. The fourth-order valence-corrected chi connectivity index (χ4v) is 4.81. The van der Waals surface area contributed by atoms with Crippen LogP contribution < -0.4 is 0 Å². The van der Waals surface area contributed by atoms with Gasteiger partial charge in [-0.1, -0.05) is 70.8 Å². The molecule has 32 heavy (non-hydrogen) atoms. The molecule has 0 N–H and O–H groups in total. The van der Waals surface area contributed by atoms with Gasteiger partial charge in [0.2, 0.25) is 0 Å². The van der Waals surface area contributed by atoms with E-state index in [1.807, 2.05) is 35.0 Å². The summed E-state index contributed by atoms with van der Waals surface area (Å²) < 4.78 is 2.04. The Balaban J connectivity index is 1.70. The number of carbonyl (C=O) groups excluding carboxylic acids is 1. The normalized spacial score (nSPS) is 11.0. The predicted octanol–water partition coefficient (Wildman–Crippen LogP) is 8.09. The van der Waals surface area contributed by atoms with E-state index in [0.717, 1.165) is 33.2 Å². The van der Waals surface area contributed by atoms with E-state index < -0.39 is 0 Å². The SMILES string of the molecule is Cc1ccc(C)c(-n2cc(-c3ccc(Cl)cc3)nc2SCC(=O)c2ccc(Cl)cc2Cl)c1. The highest BCUT2D eigenvalue weighted by Crippen LogP contribution is 2.31. The number of hydrogen-bond acceptors (Lipinski definition) is 3. The summed E-state index contributed by atoms with van der Waals surface area (Å²) in [7, 11) is 0. The Hall–Kier alpha value is -2.24. The van der Waals surface area contributed by atoms with Crippen molar-refractivity contribution in [3.63, 3.8) is 0 Å². The largest absolute Gasteiger partial charge is 0.294 e. The molecule has 1 aromatic heterocycles. The number of carbonyl (C=O) groups is 1. The van der Waals surface area contributed by atoms with Crippen LogP contribution >= 0.6 is 46.6 Å². The first-order valence-electron chi connectivity index (χ1n) is 9.86. The zero-order chi connectivity index (χ0) is 22.8. The maximum atomic E-state index is 12.8. The molecule has 3 nitrogen and oxygen atoms in total. The fourth-order valence-electron chi connectivity index (χ4n) is 3.30. The summed E-state index contributed by atoms with van der Waals surface area (Å²) in [5.74, 6) is 0.115. The monoisotopic (exact) mass is 500 g/mol. The second-order valence-electron chi connectivity index (χ2n) is 7.41. The summed E-state index contributed by atoms with van der Waals surface area (Å²) in [4.78, 5) is 17.7. The van der Waals surface area contributed by atoms with Crippen molar-refractivity contribution in [3.8, 4) is 16.9 Å². The van der Waals surface area contributed by atoms with Crippen LogP contribution in [0.2, 0.25) is 15.1 Å². The van der Waals surface area contributed by atoms with E-state index in [1.165, 1.54) is 11.8 Å². The first-order valence-corrected chi connectivity index (χ1v) is 12.0. The molecule has 0 aliphatic heterocycles. The standard InChI is InChI=1S/C25H19Cl3N2OS/c1-15-3-4-16(2)23(11-15)30-13-22(17-5-7-18(26)8-6-17)29-25(30)32-14-24(31)20-10-9-19(27)12-21(20)28/h3-13H,14H2,1-2H3. The summed E-state index contributed by atoms with van der Waals surface area (Å²) in [6.07, 6.45) is 1.99. The number of ketones is 1. The van der Waals surface area contributed by atoms with Crippen molar-refractivity contribution in [1.29, 1.82) is 0 Å². The van der Waals surface area contributed by atoms with E-state index in [4.69, 9.17) is 39.8 Å². The Morgan fingerprint density at radius 3 is 2.38 bits per heavy atom. The van der Waals surface area contributed by atoms with Crippen LogP contribution in [0.15, 0.2) is 72.0 Å². The lowest BCUT2D eigenvalue weighted by Gasteiger charge is -2.11. The van der Waals surface area contributed by atoms with E-state index >= 15 is 0 Å². The lowest BCUT2D eigenvalue weighted by Crippen LogP contribution is -2.05. The molecule has 0 spiro atoms. The number of thioether (sulfide) groups is 1. The summed E-state index contributed by atoms with van der Waals surface area (Å²) in [5, 5.41) is 2.24. The van der Waals surface area contributed by atoms with E-state index in [0.29, 0.717) is 20.6 Å². The van der Waals surface area contributed by atoms with Crippen LogP contribution in [0.25, 0.3) is 16.9 Å². The summed E-state index contributed by atoms with van der Waals surface area (Å²) in [6.45, 7) is 4.11. The van der Waals surface area contributed by atoms with Crippen LogP contribution in [0.3, 0.4) is 0 Å². The number of benzene rings is 3. The summed E-state index contributed by atoms with van der Waals surface area (Å²) >= 11 is 19.6. The molecule has 0 aliphatic rings. The van der Waals surface area contributed by atoms with Gasteiger partial charge in [0.15, 0.2) is 10.9 Å². The summed E-state index contributed by atoms with van der Waals surface area (Å²) in [6, 6.07) is 18.7. The Morgan fingerprint density at radius 1 is 0.938 bits per heavy atom. The molecule has 7 heteroatoms. The van der Waals surface area contributed by atoms with Crippen LogP contribution in [-0.4, -0.2) is 21.1 Å². The zero-order valence-electron chi connectivity index (χ0n) is 17.4. The minimum atomic E-state index is -0.0831. The number of nitrogens with zero attached hydrogens (tertiary/aromatic N) is 2. The molecular weight excluding hydrogens is 483 g/mol. The van der Waals surface area contributed by atoms with Gasteiger partial charge in [-0.2, -0.15) is 0 Å². The molecule has 0 saturated heterocycles. The molecule has 3 aromatic carbocycles. The fraction of sp³-hybridized carbons (Fsp3) is 0.120. The highest BCUT2D eigenvalue weighted by atomic mass is 35.5.